The molecule has 2 aromatic heterocycles. The van der Waals surface area contributed by atoms with Gasteiger partial charge in [-0.2, -0.15) is 0 Å². The van der Waals surface area contributed by atoms with Crippen LogP contribution in [-0.2, 0) is 55.6 Å². The van der Waals surface area contributed by atoms with Gasteiger partial charge in [-0.1, -0.05) is 20.8 Å². The highest BCUT2D eigenvalue weighted by molar-refractivity contribution is 5.93. The molecule has 88 heavy (non-hydrogen) atoms. The van der Waals surface area contributed by atoms with E-state index in [2.05, 4.69) is 9.97 Å². The van der Waals surface area contributed by atoms with E-state index in [4.69, 9.17) is 38.9 Å². The molecular weight excluding hydrogens is 1150 g/mol. The molecule has 4 amide bonds. The fourth-order valence-corrected chi connectivity index (χ4v) is 9.47. The van der Waals surface area contributed by atoms with Crippen LogP contribution in [0.25, 0.3) is 0 Å². The molecule has 4 aliphatic heterocycles. The summed E-state index contributed by atoms with van der Waals surface area (Å²) in [7, 11) is 0. The molecule has 0 saturated heterocycles. The van der Waals surface area contributed by atoms with Crippen LogP contribution in [0.4, 0.5) is 19.2 Å². The number of aliphatic hydroxyl groups excluding tert-OH is 1. The van der Waals surface area contributed by atoms with Gasteiger partial charge in [0.05, 0.1) is 31.0 Å². The molecule has 494 valence electrons. The normalized spacial score (nSPS) is 18.2. The van der Waals surface area contributed by atoms with Gasteiger partial charge in [0.2, 0.25) is 0 Å². The number of aromatic amines is 2. The van der Waals surface area contributed by atoms with Crippen molar-refractivity contribution in [1.29, 1.82) is 0 Å². The summed E-state index contributed by atoms with van der Waals surface area (Å²) in [6, 6.07) is 1.18. The summed E-state index contributed by atoms with van der Waals surface area (Å²) >= 11 is 0. The van der Waals surface area contributed by atoms with Gasteiger partial charge < -0.3 is 83.8 Å². The Labute approximate surface area is 516 Å². The summed E-state index contributed by atoms with van der Waals surface area (Å²) in [5.41, 5.74) is 5.93. The number of ether oxygens (including phenoxy) is 7. The lowest BCUT2D eigenvalue weighted by atomic mass is 9.98. The monoisotopic (exact) mass is 1240 g/mol. The summed E-state index contributed by atoms with van der Waals surface area (Å²) in [5.74, 6) is -2.59. The van der Waals surface area contributed by atoms with E-state index in [0.29, 0.717) is 106 Å². The highest BCUT2D eigenvalue weighted by Crippen LogP contribution is 2.33. The van der Waals surface area contributed by atoms with Crippen LogP contribution >= 0.6 is 0 Å². The van der Waals surface area contributed by atoms with Gasteiger partial charge in [-0.25, -0.2) is 33.6 Å². The number of nitrogens with one attached hydrogen (secondary N) is 2. The third-order valence-corrected chi connectivity index (χ3v) is 13.5. The maximum absolute atomic E-state index is 12.4. The number of aliphatic hydroxyl groups is 1. The maximum atomic E-state index is 12.4. The van der Waals surface area contributed by atoms with Crippen molar-refractivity contribution >= 4 is 42.3 Å². The average molecular weight is 1240 g/mol. The van der Waals surface area contributed by atoms with Crippen molar-refractivity contribution in [2.75, 3.05) is 72.2 Å². The molecule has 6 heterocycles. The van der Waals surface area contributed by atoms with Crippen molar-refractivity contribution < 1.29 is 82.0 Å². The van der Waals surface area contributed by atoms with Crippen LogP contribution in [0, 0.1) is 5.92 Å². The zero-order valence-electron chi connectivity index (χ0n) is 54.9. The summed E-state index contributed by atoms with van der Waals surface area (Å²) in [4.78, 5) is 120. The predicted octanol–water partition coefficient (Wildman–Crippen LogP) is 8.56. The summed E-state index contributed by atoms with van der Waals surface area (Å²) in [6.45, 7) is 36.1. The third-order valence-electron chi connectivity index (χ3n) is 13.5. The number of nitrogens with two attached hydrogens (primary N) is 1. The Morgan fingerprint density at radius 2 is 0.852 bits per heavy atom. The number of H-pyrrole nitrogens is 2. The van der Waals surface area contributed by atoms with Crippen LogP contribution in [0.3, 0.4) is 0 Å². The van der Waals surface area contributed by atoms with Crippen molar-refractivity contribution in [2.24, 2.45) is 11.7 Å². The number of hydrogen-bond acceptors (Lipinski definition) is 20. The lowest BCUT2D eigenvalue weighted by Crippen LogP contribution is -2.39. The van der Waals surface area contributed by atoms with Crippen LogP contribution in [-0.4, -0.2) is 182 Å². The number of esters is 3. The second-order valence-electron chi connectivity index (χ2n) is 25.7. The number of carbonyl (C=O) groups is 7. The van der Waals surface area contributed by atoms with E-state index in [0.717, 1.165) is 0 Å². The van der Waals surface area contributed by atoms with Crippen LogP contribution in [0.15, 0.2) is 38.3 Å². The molecular formula is C62H97N7O19. The smallest absolute Gasteiger partial charge is 0.410 e. The molecule has 3 atom stereocenters. The number of amides is 4. The first-order chi connectivity index (χ1) is 40.6. The molecule has 0 fully saturated rings. The van der Waals surface area contributed by atoms with Gasteiger partial charge in [0.15, 0.2) is 5.56 Å². The molecule has 0 spiro atoms. The number of aromatic nitrogens is 2. The fraction of sp³-hybridized carbons (Fsp3) is 0.661. The largest absolute Gasteiger partial charge is 0.512 e. The summed E-state index contributed by atoms with van der Waals surface area (Å²) < 4.78 is 36.2. The van der Waals surface area contributed by atoms with E-state index in [1.807, 2.05) is 62.3 Å². The summed E-state index contributed by atoms with van der Waals surface area (Å²) in [5, 5.41) is 30.3. The standard InChI is InChI=1S/C18H26N2O6.C15H22N2O4.C15H26N2O4.C14H23NO5/c1-6-25-16(23)12-14(21)11-7-8-20(17(24)26-18(3,4)5)9-10(2)13(11)19-15(12)22;1-9-8-17(14(20)21-15(2,3)4)6-5-10-11(18)7-12(19)16-13(9)10;1-6-20-13(18)11-7-8-17(9-10(2)12(11)16)14(19)21-15(3,4)5;1-5-19-12(17)10-6-8-15(9-7-11(10)16)13(18)20-14(2,3)4/h10H,6-9H2,1-5H3,(H2,19,21,22);7,9H,5-6,8H2,1-4H3,(H2,16,18,19);10H,6-9,16H2,1-5H3;16H,5-9H2,1-4H3. The number of rotatable bonds is 6. The third kappa shape index (κ3) is 23.0. The number of pyridine rings is 2. The molecule has 0 radical (unpaired) electrons. The minimum Gasteiger partial charge on any atom is -0.512 e. The van der Waals surface area contributed by atoms with Crippen LogP contribution in [0.1, 0.15) is 189 Å². The van der Waals surface area contributed by atoms with Gasteiger partial charge in [-0.15, -0.1) is 0 Å². The van der Waals surface area contributed by atoms with Crippen molar-refractivity contribution in [1.82, 2.24) is 29.6 Å². The van der Waals surface area contributed by atoms with Crippen molar-refractivity contribution in [3.8, 4) is 11.5 Å². The molecule has 3 unspecified atom stereocenters. The molecule has 0 saturated carbocycles. The van der Waals surface area contributed by atoms with E-state index in [1.54, 1.807) is 72.1 Å². The minimum atomic E-state index is -0.866. The quantitative estimate of drug-likeness (QED) is 0.116. The molecule has 0 aliphatic carbocycles. The number of fused-ring (bicyclic) bond motifs is 2. The van der Waals surface area contributed by atoms with Gasteiger partial charge >= 0.3 is 42.3 Å². The first kappa shape index (κ1) is 74.3. The van der Waals surface area contributed by atoms with Crippen molar-refractivity contribution in [2.45, 2.75) is 191 Å². The van der Waals surface area contributed by atoms with Gasteiger partial charge in [-0.3, -0.25) is 9.59 Å². The molecule has 6 rings (SSSR count). The topological polar surface area (TPSA) is 349 Å². The molecule has 26 heteroatoms. The highest BCUT2D eigenvalue weighted by Gasteiger charge is 2.35. The predicted molar refractivity (Wildman–Crippen MR) is 326 cm³/mol. The Morgan fingerprint density at radius 1 is 0.500 bits per heavy atom. The molecule has 7 N–H and O–H groups in total. The van der Waals surface area contributed by atoms with E-state index in [9.17, 15) is 58.5 Å². The van der Waals surface area contributed by atoms with Gasteiger partial charge in [0.1, 0.15) is 39.7 Å². The van der Waals surface area contributed by atoms with Crippen molar-refractivity contribution in [3.63, 3.8) is 0 Å². The van der Waals surface area contributed by atoms with Crippen LogP contribution < -0.4 is 16.9 Å². The first-order valence-corrected chi connectivity index (χ1v) is 29.9. The fourth-order valence-electron chi connectivity index (χ4n) is 9.47. The molecule has 0 bridgehead atoms. The SMILES string of the molecule is CC1CN(C(=O)OC(C)(C)C)CCc2c(O)cc(=O)[nH]c21.CCOC(=O)C1=C(N)C(C)CN(C(=O)OC(C)(C)C)CC1.CCOC(=O)C1=C(O)CCN(C(=O)OC(C)(C)C)CC1.CCOC(=O)c1c(O)c2c([nH]c1=O)C(C)CN(C(=O)OC(C)(C)C)CC2. The van der Waals surface area contributed by atoms with Crippen LogP contribution in [0.2, 0.25) is 0 Å². The lowest BCUT2D eigenvalue weighted by molar-refractivity contribution is -0.139. The van der Waals surface area contributed by atoms with E-state index in [-0.39, 0.29) is 90.8 Å². The molecule has 26 nitrogen and oxygen atoms in total. The Kier molecular flexibility index (Phi) is 26.9. The number of nitrogens with zero attached hydrogens (tertiary/aromatic N) is 4. The van der Waals surface area contributed by atoms with Gasteiger partial charge in [0, 0.05) is 117 Å². The highest BCUT2D eigenvalue weighted by atomic mass is 16.6. The Morgan fingerprint density at radius 3 is 1.30 bits per heavy atom. The average Bonchev–Trinajstić information content (AvgIpc) is 1.83. The number of carbonyl (C=O) groups excluding carboxylic acids is 7. The zero-order valence-corrected chi connectivity index (χ0v) is 54.9. The number of hydrogen-bond donors (Lipinski definition) is 6. The maximum Gasteiger partial charge on any atom is 0.410 e. The molecule has 4 aliphatic rings. The molecule has 0 aromatic carbocycles. The molecule has 2 aromatic rings. The Balaban J connectivity index is 0.000000309. The van der Waals surface area contributed by atoms with E-state index < -0.39 is 63.6 Å². The summed E-state index contributed by atoms with van der Waals surface area (Å²) in [6.07, 6.45) is 0.0114. The lowest BCUT2D eigenvalue weighted by Gasteiger charge is -2.27. The van der Waals surface area contributed by atoms with Gasteiger partial charge in [0.25, 0.3) is 11.1 Å². The van der Waals surface area contributed by atoms with E-state index >= 15 is 0 Å². The van der Waals surface area contributed by atoms with Gasteiger partial charge in [-0.05, 0) is 123 Å². The van der Waals surface area contributed by atoms with Crippen molar-refractivity contribution in [3.05, 3.63) is 77.5 Å². The number of aromatic hydroxyl groups is 2. The zero-order chi connectivity index (χ0) is 67.0. The second kappa shape index (κ2) is 31.8. The van der Waals surface area contributed by atoms with E-state index in [1.165, 1.54) is 15.9 Å². The van der Waals surface area contributed by atoms with Crippen LogP contribution in [0.5, 0.6) is 11.5 Å². The minimum absolute atomic E-state index is 0.00508. The second-order valence-corrected chi connectivity index (χ2v) is 25.7. The first-order valence-electron chi connectivity index (χ1n) is 29.9. The Hall–Kier alpha value is -7.93. The Bertz CT molecular complexity index is 2990.